The number of ether oxygens (including phenoxy) is 1. The number of carbonyl (C=O) groups excluding carboxylic acids is 1. The molecule has 0 aromatic heterocycles. The number of oxime groups is 1. The van der Waals surface area contributed by atoms with Crippen LogP contribution in [-0.2, 0) is 9.53 Å². The van der Waals surface area contributed by atoms with Gasteiger partial charge in [0.05, 0.1) is 12.6 Å². The maximum Gasteiger partial charge on any atom is 0.357 e. The molecule has 13 heavy (non-hydrogen) atoms. The van der Waals surface area contributed by atoms with Gasteiger partial charge in [-0.2, -0.15) is 0 Å². The number of esters is 1. The normalized spacial score (nSPS) is 23.2. The number of nitrogens with zero attached hydrogens (tertiary/aromatic N) is 1. The second kappa shape index (κ2) is 4.81. The molecule has 0 bridgehead atoms. The van der Waals surface area contributed by atoms with Gasteiger partial charge in [-0.1, -0.05) is 5.16 Å². The Balaban J connectivity index is 2.56. The van der Waals surface area contributed by atoms with Gasteiger partial charge >= 0.3 is 5.97 Å². The average Bonchev–Trinajstić information content (AvgIpc) is 2.59. The number of nitrogens with one attached hydrogen (secondary N) is 1. The first kappa shape index (κ1) is 9.98. The third-order valence-corrected chi connectivity index (χ3v) is 1.98. The summed E-state index contributed by atoms with van der Waals surface area (Å²) in [6.07, 6.45) is 1.81. The molecule has 1 aliphatic rings. The molecule has 1 rings (SSSR count). The predicted molar refractivity (Wildman–Crippen MR) is 46.9 cm³/mol. The van der Waals surface area contributed by atoms with E-state index in [1.54, 1.807) is 6.92 Å². The smallest absolute Gasteiger partial charge is 0.357 e. The monoisotopic (exact) mass is 186 g/mol. The van der Waals surface area contributed by atoms with Gasteiger partial charge in [0.2, 0.25) is 0 Å². The highest BCUT2D eigenvalue weighted by Gasteiger charge is 2.27. The van der Waals surface area contributed by atoms with Gasteiger partial charge in [0.1, 0.15) is 0 Å². The van der Waals surface area contributed by atoms with E-state index in [1.165, 1.54) is 0 Å². The van der Waals surface area contributed by atoms with E-state index in [1.807, 2.05) is 0 Å². The van der Waals surface area contributed by atoms with Crippen molar-refractivity contribution in [1.29, 1.82) is 0 Å². The first-order valence-electron chi connectivity index (χ1n) is 4.42. The van der Waals surface area contributed by atoms with Crippen LogP contribution >= 0.6 is 0 Å². The molecule has 0 radical (unpaired) electrons. The van der Waals surface area contributed by atoms with Crippen molar-refractivity contribution < 1.29 is 14.7 Å². The van der Waals surface area contributed by atoms with Gasteiger partial charge in [0.25, 0.3) is 0 Å². The van der Waals surface area contributed by atoms with E-state index in [4.69, 9.17) is 9.94 Å². The molecule has 1 unspecified atom stereocenters. The topological polar surface area (TPSA) is 70.9 Å². The summed E-state index contributed by atoms with van der Waals surface area (Å²) in [4.78, 5) is 11.2. The van der Waals surface area contributed by atoms with Crippen LogP contribution in [0.15, 0.2) is 5.16 Å². The molecule has 74 valence electrons. The Morgan fingerprint density at radius 1 is 1.77 bits per heavy atom. The van der Waals surface area contributed by atoms with Gasteiger partial charge in [-0.15, -0.1) is 0 Å². The lowest BCUT2D eigenvalue weighted by Gasteiger charge is -2.10. The summed E-state index contributed by atoms with van der Waals surface area (Å²) in [5.74, 6) is -0.538. The summed E-state index contributed by atoms with van der Waals surface area (Å²) in [6, 6.07) is -0.149. The van der Waals surface area contributed by atoms with Crippen molar-refractivity contribution in [2.45, 2.75) is 25.8 Å². The SMILES string of the molecule is CCOC(=O)/C(=N/O)C1CCCN1. The Morgan fingerprint density at radius 3 is 3.00 bits per heavy atom. The molecule has 0 aromatic rings. The Morgan fingerprint density at radius 2 is 2.54 bits per heavy atom. The third-order valence-electron chi connectivity index (χ3n) is 1.98. The summed E-state index contributed by atoms with van der Waals surface area (Å²) in [7, 11) is 0. The second-order valence-corrected chi connectivity index (χ2v) is 2.85. The van der Waals surface area contributed by atoms with Crippen LogP contribution in [0, 0.1) is 0 Å². The van der Waals surface area contributed by atoms with Crippen LogP contribution in [-0.4, -0.2) is 36.1 Å². The fraction of sp³-hybridized carbons (Fsp3) is 0.750. The van der Waals surface area contributed by atoms with Crippen molar-refractivity contribution in [2.24, 2.45) is 5.16 Å². The van der Waals surface area contributed by atoms with Crippen LogP contribution in [0.4, 0.5) is 0 Å². The minimum atomic E-state index is -0.538. The maximum absolute atomic E-state index is 11.2. The quantitative estimate of drug-likeness (QED) is 0.284. The summed E-state index contributed by atoms with van der Waals surface area (Å²) in [6.45, 7) is 2.86. The lowest BCUT2D eigenvalue weighted by Crippen LogP contribution is -2.37. The zero-order chi connectivity index (χ0) is 9.68. The molecule has 1 fully saturated rings. The molecule has 1 atom stereocenters. The maximum atomic E-state index is 11.2. The Hall–Kier alpha value is -1.10. The van der Waals surface area contributed by atoms with Crippen molar-refractivity contribution >= 4 is 11.7 Å². The fourth-order valence-corrected chi connectivity index (χ4v) is 1.38. The van der Waals surface area contributed by atoms with E-state index < -0.39 is 5.97 Å². The molecule has 1 aliphatic heterocycles. The molecule has 1 saturated heterocycles. The molecule has 1 heterocycles. The zero-order valence-corrected chi connectivity index (χ0v) is 7.62. The number of hydrogen-bond acceptors (Lipinski definition) is 5. The molecule has 0 aromatic carbocycles. The van der Waals surface area contributed by atoms with Crippen molar-refractivity contribution in [2.75, 3.05) is 13.2 Å². The summed E-state index contributed by atoms with van der Waals surface area (Å²) in [5, 5.41) is 14.7. The zero-order valence-electron chi connectivity index (χ0n) is 7.62. The Kier molecular flexibility index (Phi) is 3.70. The van der Waals surface area contributed by atoms with Crippen LogP contribution in [0.2, 0.25) is 0 Å². The summed E-state index contributed by atoms with van der Waals surface area (Å²) < 4.78 is 4.74. The van der Waals surface area contributed by atoms with Crippen LogP contribution in [0.3, 0.4) is 0 Å². The number of carbonyl (C=O) groups is 1. The van der Waals surface area contributed by atoms with E-state index >= 15 is 0 Å². The van der Waals surface area contributed by atoms with E-state index in [0.717, 1.165) is 19.4 Å². The van der Waals surface area contributed by atoms with Crippen LogP contribution in [0.5, 0.6) is 0 Å². The predicted octanol–water partition coefficient (Wildman–Crippen LogP) is 0.132. The third kappa shape index (κ3) is 2.42. The standard InChI is InChI=1S/C8H14N2O3/c1-2-13-8(11)7(10-12)6-4-3-5-9-6/h6,9,12H,2-5H2,1H3/b10-7+. The van der Waals surface area contributed by atoms with Crippen molar-refractivity contribution in [1.82, 2.24) is 5.32 Å². The lowest BCUT2D eigenvalue weighted by molar-refractivity contribution is -0.135. The number of rotatable bonds is 3. The van der Waals surface area contributed by atoms with E-state index in [-0.39, 0.29) is 11.8 Å². The summed E-state index contributed by atoms with van der Waals surface area (Å²) in [5.41, 5.74) is 0.0827. The first-order chi connectivity index (χ1) is 6.29. The average molecular weight is 186 g/mol. The van der Waals surface area contributed by atoms with E-state index in [0.29, 0.717) is 6.61 Å². The molecule has 5 heteroatoms. The molecule has 2 N–H and O–H groups in total. The van der Waals surface area contributed by atoms with Gasteiger partial charge < -0.3 is 15.3 Å². The molecule has 5 nitrogen and oxygen atoms in total. The molecular weight excluding hydrogens is 172 g/mol. The summed E-state index contributed by atoms with van der Waals surface area (Å²) >= 11 is 0. The molecule has 0 spiro atoms. The molecule has 0 aliphatic carbocycles. The molecular formula is C8H14N2O3. The first-order valence-corrected chi connectivity index (χ1v) is 4.42. The van der Waals surface area contributed by atoms with Gasteiger partial charge in [0, 0.05) is 0 Å². The van der Waals surface area contributed by atoms with Crippen LogP contribution in [0.1, 0.15) is 19.8 Å². The number of hydrogen-bond donors (Lipinski definition) is 2. The minimum Gasteiger partial charge on any atom is -0.461 e. The molecule has 0 amide bonds. The Labute approximate surface area is 76.8 Å². The van der Waals surface area contributed by atoms with Gasteiger partial charge in [-0.3, -0.25) is 0 Å². The van der Waals surface area contributed by atoms with Crippen molar-refractivity contribution in [3.8, 4) is 0 Å². The highest BCUT2D eigenvalue weighted by atomic mass is 16.5. The highest BCUT2D eigenvalue weighted by Crippen LogP contribution is 2.07. The van der Waals surface area contributed by atoms with Crippen LogP contribution < -0.4 is 5.32 Å². The van der Waals surface area contributed by atoms with Gasteiger partial charge in [-0.25, -0.2) is 4.79 Å². The van der Waals surface area contributed by atoms with Gasteiger partial charge in [-0.05, 0) is 26.3 Å². The van der Waals surface area contributed by atoms with Gasteiger partial charge in [0.15, 0.2) is 5.71 Å². The fourth-order valence-electron chi connectivity index (χ4n) is 1.38. The Bertz CT molecular complexity index is 209. The van der Waals surface area contributed by atoms with E-state index in [9.17, 15) is 4.79 Å². The molecule has 0 saturated carbocycles. The highest BCUT2D eigenvalue weighted by molar-refractivity contribution is 6.38. The van der Waals surface area contributed by atoms with Crippen LogP contribution in [0.25, 0.3) is 0 Å². The largest absolute Gasteiger partial charge is 0.461 e. The van der Waals surface area contributed by atoms with E-state index in [2.05, 4.69) is 10.5 Å². The minimum absolute atomic E-state index is 0.0827. The second-order valence-electron chi connectivity index (χ2n) is 2.85. The lowest BCUT2D eigenvalue weighted by atomic mass is 10.1. The van der Waals surface area contributed by atoms with Crippen molar-refractivity contribution in [3.63, 3.8) is 0 Å². The van der Waals surface area contributed by atoms with Crippen molar-refractivity contribution in [3.05, 3.63) is 0 Å².